The lowest BCUT2D eigenvalue weighted by molar-refractivity contribution is 0.413. The van der Waals surface area contributed by atoms with E-state index in [1.165, 1.54) is 5.56 Å². The van der Waals surface area contributed by atoms with Crippen molar-refractivity contribution in [2.24, 2.45) is 5.84 Å². The molecule has 1 unspecified atom stereocenters. The molecule has 0 heterocycles. The van der Waals surface area contributed by atoms with Crippen molar-refractivity contribution in [3.05, 3.63) is 29.8 Å². The van der Waals surface area contributed by atoms with Crippen LogP contribution in [0.25, 0.3) is 0 Å². The molecule has 3 N–H and O–H groups in total. The maximum atomic E-state index is 5.42. The molecule has 0 aliphatic rings. The lowest BCUT2D eigenvalue weighted by Gasteiger charge is -2.13. The topological polar surface area (TPSA) is 47.3 Å². The molecule has 3 heteroatoms. The average Bonchev–Trinajstić information content (AvgIpc) is 2.26. The first-order chi connectivity index (χ1) is 6.80. The predicted octanol–water partition coefficient (Wildman–Crippen LogP) is 1.48. The number of hydrogen-bond donors (Lipinski definition) is 2. The van der Waals surface area contributed by atoms with E-state index in [0.717, 1.165) is 18.6 Å². The highest BCUT2D eigenvalue weighted by molar-refractivity contribution is 5.28. The SMILES string of the molecule is CCC(Cc1cccc(OC)c1)NN. The Bertz CT molecular complexity index is 272. The highest BCUT2D eigenvalue weighted by Crippen LogP contribution is 2.14. The molecule has 0 bridgehead atoms. The van der Waals surface area contributed by atoms with Gasteiger partial charge in [0.2, 0.25) is 0 Å². The highest BCUT2D eigenvalue weighted by Gasteiger charge is 2.04. The molecule has 0 saturated carbocycles. The summed E-state index contributed by atoms with van der Waals surface area (Å²) in [5, 5.41) is 0. The molecule has 0 saturated heterocycles. The summed E-state index contributed by atoms with van der Waals surface area (Å²) in [5.41, 5.74) is 4.04. The average molecular weight is 194 g/mol. The number of nitrogens with two attached hydrogens (primary N) is 1. The van der Waals surface area contributed by atoms with Crippen molar-refractivity contribution in [1.29, 1.82) is 0 Å². The van der Waals surface area contributed by atoms with Crippen LogP contribution < -0.4 is 16.0 Å². The molecular weight excluding hydrogens is 176 g/mol. The zero-order chi connectivity index (χ0) is 10.4. The Hall–Kier alpha value is -1.06. The molecule has 0 aliphatic carbocycles. The summed E-state index contributed by atoms with van der Waals surface area (Å²) < 4.78 is 5.15. The van der Waals surface area contributed by atoms with Crippen LogP contribution in [0.2, 0.25) is 0 Å². The lowest BCUT2D eigenvalue weighted by atomic mass is 10.0. The Morgan fingerprint density at radius 1 is 1.50 bits per heavy atom. The van der Waals surface area contributed by atoms with E-state index in [0.29, 0.717) is 6.04 Å². The van der Waals surface area contributed by atoms with Gasteiger partial charge in [-0.3, -0.25) is 11.3 Å². The van der Waals surface area contributed by atoms with Crippen molar-refractivity contribution in [3.63, 3.8) is 0 Å². The van der Waals surface area contributed by atoms with E-state index in [4.69, 9.17) is 10.6 Å². The number of ether oxygens (including phenoxy) is 1. The fourth-order valence-corrected chi connectivity index (χ4v) is 1.41. The summed E-state index contributed by atoms with van der Waals surface area (Å²) in [5.74, 6) is 6.32. The Balaban J connectivity index is 2.65. The van der Waals surface area contributed by atoms with E-state index in [1.807, 2.05) is 18.2 Å². The highest BCUT2D eigenvalue weighted by atomic mass is 16.5. The molecule has 0 aliphatic heterocycles. The molecule has 78 valence electrons. The van der Waals surface area contributed by atoms with Crippen LogP contribution in [0, 0.1) is 0 Å². The zero-order valence-corrected chi connectivity index (χ0v) is 8.79. The molecule has 0 fully saturated rings. The largest absolute Gasteiger partial charge is 0.497 e. The van der Waals surface area contributed by atoms with Crippen LogP contribution >= 0.6 is 0 Å². The van der Waals surface area contributed by atoms with Crippen LogP contribution in [0.15, 0.2) is 24.3 Å². The maximum Gasteiger partial charge on any atom is 0.119 e. The predicted molar refractivity (Wildman–Crippen MR) is 58.1 cm³/mol. The molecule has 0 radical (unpaired) electrons. The normalized spacial score (nSPS) is 12.5. The van der Waals surface area contributed by atoms with Gasteiger partial charge in [-0.25, -0.2) is 0 Å². The van der Waals surface area contributed by atoms with Crippen molar-refractivity contribution in [1.82, 2.24) is 5.43 Å². The van der Waals surface area contributed by atoms with Gasteiger partial charge in [-0.15, -0.1) is 0 Å². The molecule has 0 aromatic heterocycles. The van der Waals surface area contributed by atoms with Gasteiger partial charge in [0, 0.05) is 6.04 Å². The summed E-state index contributed by atoms with van der Waals surface area (Å²) >= 11 is 0. The molecule has 0 amide bonds. The van der Waals surface area contributed by atoms with E-state index in [1.54, 1.807) is 7.11 Å². The first-order valence-electron chi connectivity index (χ1n) is 4.89. The summed E-state index contributed by atoms with van der Waals surface area (Å²) in [7, 11) is 1.68. The molecule has 1 atom stereocenters. The summed E-state index contributed by atoms with van der Waals surface area (Å²) in [4.78, 5) is 0. The number of nitrogens with one attached hydrogen (secondary N) is 1. The van der Waals surface area contributed by atoms with Crippen LogP contribution in [-0.2, 0) is 6.42 Å². The van der Waals surface area contributed by atoms with Crippen LogP contribution in [-0.4, -0.2) is 13.2 Å². The molecule has 0 spiro atoms. The molecule has 1 aromatic carbocycles. The van der Waals surface area contributed by atoms with Gasteiger partial charge < -0.3 is 4.74 Å². The van der Waals surface area contributed by atoms with Crippen LogP contribution in [0.1, 0.15) is 18.9 Å². The van der Waals surface area contributed by atoms with Crippen molar-refractivity contribution in [2.75, 3.05) is 7.11 Å². The quantitative estimate of drug-likeness (QED) is 0.551. The monoisotopic (exact) mass is 194 g/mol. The van der Waals surface area contributed by atoms with Gasteiger partial charge in [0.25, 0.3) is 0 Å². The molecule has 1 aromatic rings. The van der Waals surface area contributed by atoms with Crippen molar-refractivity contribution in [3.8, 4) is 5.75 Å². The number of hydrogen-bond acceptors (Lipinski definition) is 3. The van der Waals surface area contributed by atoms with E-state index >= 15 is 0 Å². The van der Waals surface area contributed by atoms with Gasteiger partial charge in [-0.2, -0.15) is 0 Å². The standard InChI is InChI=1S/C11H18N2O/c1-3-10(13-12)7-9-5-4-6-11(8-9)14-2/h4-6,8,10,13H,3,7,12H2,1-2H3. The van der Waals surface area contributed by atoms with Crippen LogP contribution in [0.4, 0.5) is 0 Å². The third kappa shape index (κ3) is 3.01. The minimum absolute atomic E-state index is 0.335. The Labute approximate surface area is 85.2 Å². The van der Waals surface area contributed by atoms with Crippen LogP contribution in [0.3, 0.4) is 0 Å². The van der Waals surface area contributed by atoms with Crippen LogP contribution in [0.5, 0.6) is 5.75 Å². The second kappa shape index (κ2) is 5.62. The number of hydrazine groups is 1. The van der Waals surface area contributed by atoms with Gasteiger partial charge in [-0.1, -0.05) is 19.1 Å². The smallest absolute Gasteiger partial charge is 0.119 e. The minimum Gasteiger partial charge on any atom is -0.497 e. The lowest BCUT2D eigenvalue weighted by Crippen LogP contribution is -2.36. The van der Waals surface area contributed by atoms with Gasteiger partial charge in [0.1, 0.15) is 5.75 Å². The Kier molecular flexibility index (Phi) is 4.43. The Morgan fingerprint density at radius 3 is 2.86 bits per heavy atom. The fraction of sp³-hybridized carbons (Fsp3) is 0.455. The van der Waals surface area contributed by atoms with Gasteiger partial charge >= 0.3 is 0 Å². The second-order valence-corrected chi connectivity index (χ2v) is 3.33. The summed E-state index contributed by atoms with van der Waals surface area (Å²) in [6.45, 7) is 2.12. The Morgan fingerprint density at radius 2 is 2.29 bits per heavy atom. The van der Waals surface area contributed by atoms with E-state index in [-0.39, 0.29) is 0 Å². The van der Waals surface area contributed by atoms with E-state index in [9.17, 15) is 0 Å². The molecule has 14 heavy (non-hydrogen) atoms. The fourth-order valence-electron chi connectivity index (χ4n) is 1.41. The summed E-state index contributed by atoms with van der Waals surface area (Å²) in [6.07, 6.45) is 1.96. The maximum absolute atomic E-state index is 5.42. The first kappa shape index (κ1) is 11.0. The zero-order valence-electron chi connectivity index (χ0n) is 8.79. The van der Waals surface area contributed by atoms with Crippen molar-refractivity contribution in [2.45, 2.75) is 25.8 Å². The number of methoxy groups -OCH3 is 1. The van der Waals surface area contributed by atoms with Crippen molar-refractivity contribution < 1.29 is 4.74 Å². The van der Waals surface area contributed by atoms with Gasteiger partial charge in [0.05, 0.1) is 7.11 Å². The number of rotatable bonds is 5. The van der Waals surface area contributed by atoms with Gasteiger partial charge in [0.15, 0.2) is 0 Å². The number of benzene rings is 1. The first-order valence-corrected chi connectivity index (χ1v) is 4.89. The third-order valence-corrected chi connectivity index (χ3v) is 2.34. The van der Waals surface area contributed by atoms with Crippen molar-refractivity contribution >= 4 is 0 Å². The third-order valence-electron chi connectivity index (χ3n) is 2.34. The minimum atomic E-state index is 0.335. The van der Waals surface area contributed by atoms with E-state index < -0.39 is 0 Å². The second-order valence-electron chi connectivity index (χ2n) is 3.33. The molecule has 3 nitrogen and oxygen atoms in total. The molecule has 1 rings (SSSR count). The molecular formula is C11H18N2O. The van der Waals surface area contributed by atoms with E-state index in [2.05, 4.69) is 18.4 Å². The summed E-state index contributed by atoms with van der Waals surface area (Å²) in [6, 6.07) is 8.40. The van der Waals surface area contributed by atoms with Gasteiger partial charge in [-0.05, 0) is 30.5 Å².